The third-order valence-electron chi connectivity index (χ3n) is 6.20. The van der Waals surface area contributed by atoms with Crippen molar-refractivity contribution in [3.05, 3.63) is 107 Å². The van der Waals surface area contributed by atoms with Crippen LogP contribution in [0, 0.1) is 0 Å². The number of hydrogen-bond donors (Lipinski definition) is 1. The predicted octanol–water partition coefficient (Wildman–Crippen LogP) is 5.42. The summed E-state index contributed by atoms with van der Waals surface area (Å²) in [6.07, 6.45) is 1.70. The van der Waals surface area contributed by atoms with Crippen LogP contribution in [0.2, 0.25) is 0 Å². The molecule has 12 heteroatoms. The first kappa shape index (κ1) is 30.0. The van der Waals surface area contributed by atoms with E-state index in [9.17, 15) is 26.2 Å². The highest BCUT2D eigenvalue weighted by molar-refractivity contribution is 7.96. The van der Waals surface area contributed by atoms with Crippen LogP contribution in [0.15, 0.2) is 106 Å². The molecule has 1 aliphatic rings. The molecule has 0 heterocycles. The molecule has 0 radical (unpaired) electrons. The molecule has 0 saturated carbocycles. The van der Waals surface area contributed by atoms with Gasteiger partial charge in [-0.1, -0.05) is 74.5 Å². The molecule has 0 fully saturated rings. The Bertz CT molecular complexity index is 1660. The summed E-state index contributed by atoms with van der Waals surface area (Å²) < 4.78 is 84.3. The van der Waals surface area contributed by atoms with E-state index in [4.69, 9.17) is 9.05 Å². The fourth-order valence-corrected chi connectivity index (χ4v) is 9.97. The lowest BCUT2D eigenvalue weighted by molar-refractivity contribution is 0.103. The summed E-state index contributed by atoms with van der Waals surface area (Å²) in [4.78, 5) is 12.6. The number of allylic oxidation sites excluding steroid dienone is 1. The van der Waals surface area contributed by atoms with Gasteiger partial charge in [0.2, 0.25) is 25.6 Å². The zero-order valence-corrected chi connectivity index (χ0v) is 24.5. The van der Waals surface area contributed by atoms with Crippen molar-refractivity contribution in [2.75, 3.05) is 13.2 Å². The number of carbonyl (C=O) groups is 1. The summed E-state index contributed by atoms with van der Waals surface area (Å²) in [7, 11) is -13.6. The number of hydrogen-bond acceptors (Lipinski definition) is 8. The van der Waals surface area contributed by atoms with Gasteiger partial charge in [-0.05, 0) is 43.2 Å². The van der Waals surface area contributed by atoms with Crippen molar-refractivity contribution in [2.24, 2.45) is 0 Å². The topological polar surface area (TPSA) is 133 Å². The van der Waals surface area contributed by atoms with Crippen LogP contribution in [0.1, 0.15) is 42.6 Å². The van der Waals surface area contributed by atoms with E-state index in [0.29, 0.717) is 12.8 Å². The largest absolute Gasteiger partial charge is 0.360 e. The third kappa shape index (κ3) is 5.50. The second-order valence-electron chi connectivity index (χ2n) is 9.05. The van der Waals surface area contributed by atoms with Gasteiger partial charge in [0.15, 0.2) is 5.28 Å². The van der Waals surface area contributed by atoms with E-state index in [1.165, 1.54) is 72.8 Å². The van der Waals surface area contributed by atoms with E-state index < -0.39 is 43.4 Å². The lowest BCUT2D eigenvalue weighted by Crippen LogP contribution is -2.48. The molecule has 1 N–H and O–H groups in total. The van der Waals surface area contributed by atoms with E-state index in [1.807, 2.05) is 0 Å². The smallest absolute Gasteiger partial charge is 0.307 e. The van der Waals surface area contributed by atoms with E-state index >= 15 is 0 Å². The van der Waals surface area contributed by atoms with Crippen molar-refractivity contribution in [1.29, 1.82) is 0 Å². The molecule has 212 valence electrons. The van der Waals surface area contributed by atoms with Crippen LogP contribution < -0.4 is 4.72 Å². The minimum absolute atomic E-state index is 0.0398. The zero-order chi connectivity index (χ0) is 29.0. The van der Waals surface area contributed by atoms with E-state index in [0.717, 1.165) is 6.08 Å². The lowest BCUT2D eigenvalue weighted by atomic mass is 9.92. The maximum absolute atomic E-state index is 14.9. The number of rotatable bonds is 12. The number of fused-ring (bicyclic) bond motifs is 1. The van der Waals surface area contributed by atoms with Gasteiger partial charge in [0.25, 0.3) is 0 Å². The minimum Gasteiger partial charge on any atom is -0.307 e. The highest BCUT2D eigenvalue weighted by atomic mass is 32.2. The van der Waals surface area contributed by atoms with Crippen molar-refractivity contribution in [1.82, 2.24) is 4.72 Å². The molecule has 1 atom stereocenters. The summed E-state index contributed by atoms with van der Waals surface area (Å²) in [5, 5.41) is -2.40. The van der Waals surface area contributed by atoms with Gasteiger partial charge < -0.3 is 9.05 Å². The summed E-state index contributed by atoms with van der Waals surface area (Å²) in [6, 6.07) is 20.4. The summed E-state index contributed by atoms with van der Waals surface area (Å²) >= 11 is 0. The fourth-order valence-electron chi connectivity index (χ4n) is 4.30. The first-order valence-corrected chi connectivity index (χ1v) is 17.2. The van der Waals surface area contributed by atoms with Crippen LogP contribution in [0.4, 0.5) is 0 Å². The average molecular weight is 604 g/mol. The first-order valence-electron chi connectivity index (χ1n) is 12.7. The standard InChI is InChI=1S/C28H30NO8PS2/c1-3-19-36-38(31,37-20-4-2)28(29-40(34,35)23-15-9-6-10-16-23)21-26(27(30)24-17-11-12-18-25(24)28)39(32,33)22-13-7-5-8-14-22/h5-18,21,29H,3-4,19-20H2,1-2H3. The minimum atomic E-state index is -4.62. The van der Waals surface area contributed by atoms with Crippen molar-refractivity contribution in [3.8, 4) is 0 Å². The second kappa shape index (κ2) is 11.9. The van der Waals surface area contributed by atoms with Crippen molar-refractivity contribution in [3.63, 3.8) is 0 Å². The van der Waals surface area contributed by atoms with E-state index in [-0.39, 0.29) is 34.1 Å². The van der Waals surface area contributed by atoms with Crippen LogP contribution >= 0.6 is 7.60 Å². The summed E-state index contributed by atoms with van der Waals surface area (Å²) in [5.41, 5.74) is -0.183. The highest BCUT2D eigenvalue weighted by Gasteiger charge is 2.58. The van der Waals surface area contributed by atoms with Gasteiger partial charge in [0, 0.05) is 11.1 Å². The van der Waals surface area contributed by atoms with Crippen LogP contribution in [-0.2, 0) is 38.8 Å². The molecule has 0 aromatic heterocycles. The van der Waals surface area contributed by atoms with Crippen LogP contribution in [0.5, 0.6) is 0 Å². The Morgan fingerprint density at radius 1 is 0.750 bits per heavy atom. The molecule has 0 amide bonds. The molecule has 4 rings (SSSR count). The maximum Gasteiger partial charge on any atom is 0.360 e. The van der Waals surface area contributed by atoms with Crippen LogP contribution in [0.25, 0.3) is 0 Å². The molecule has 9 nitrogen and oxygen atoms in total. The normalized spacial score (nSPS) is 17.8. The third-order valence-corrected chi connectivity index (χ3v) is 12.0. The average Bonchev–Trinajstić information content (AvgIpc) is 2.97. The summed E-state index contributed by atoms with van der Waals surface area (Å²) in [6.45, 7) is 3.37. The molecule has 0 bridgehead atoms. The second-order valence-corrected chi connectivity index (χ2v) is 14.9. The van der Waals surface area contributed by atoms with Crippen molar-refractivity contribution in [2.45, 2.75) is 41.8 Å². The van der Waals surface area contributed by atoms with Gasteiger partial charge in [-0.2, -0.15) is 4.72 Å². The Morgan fingerprint density at radius 3 is 1.80 bits per heavy atom. The number of nitrogens with one attached hydrogen (secondary N) is 1. The number of sulfonamides is 1. The lowest BCUT2D eigenvalue weighted by Gasteiger charge is -2.40. The fraction of sp³-hybridized carbons (Fsp3) is 0.250. The maximum atomic E-state index is 14.9. The Labute approximate surface area is 234 Å². The highest BCUT2D eigenvalue weighted by Crippen LogP contribution is 2.67. The molecule has 3 aromatic rings. The Balaban J connectivity index is 2.10. The molecular formula is C28H30NO8PS2. The molecule has 0 saturated heterocycles. The van der Waals surface area contributed by atoms with Gasteiger partial charge in [-0.3, -0.25) is 9.36 Å². The molecule has 0 spiro atoms. The summed E-state index contributed by atoms with van der Waals surface area (Å²) in [5.74, 6) is -0.869. The zero-order valence-electron chi connectivity index (χ0n) is 22.0. The van der Waals surface area contributed by atoms with Crippen molar-refractivity contribution < 1.29 is 35.2 Å². The number of sulfone groups is 1. The predicted molar refractivity (Wildman–Crippen MR) is 151 cm³/mol. The van der Waals surface area contributed by atoms with E-state index in [1.54, 1.807) is 26.0 Å². The molecule has 1 aliphatic carbocycles. The first-order chi connectivity index (χ1) is 19.0. The Morgan fingerprint density at radius 2 is 1.25 bits per heavy atom. The van der Waals surface area contributed by atoms with Crippen LogP contribution in [0.3, 0.4) is 0 Å². The number of carbonyl (C=O) groups excluding carboxylic acids is 1. The molecule has 40 heavy (non-hydrogen) atoms. The van der Waals surface area contributed by atoms with Gasteiger partial charge >= 0.3 is 7.60 Å². The Hall–Kier alpha value is -2.92. The van der Waals surface area contributed by atoms with Crippen LogP contribution in [-0.4, -0.2) is 35.8 Å². The van der Waals surface area contributed by atoms with E-state index in [2.05, 4.69) is 4.72 Å². The monoisotopic (exact) mass is 603 g/mol. The number of ketones is 1. The molecule has 0 aliphatic heterocycles. The molecular weight excluding hydrogens is 573 g/mol. The number of benzene rings is 3. The van der Waals surface area contributed by atoms with Crippen molar-refractivity contribution >= 4 is 33.2 Å². The van der Waals surface area contributed by atoms with Gasteiger partial charge in [-0.25, -0.2) is 16.8 Å². The molecule has 1 unspecified atom stereocenters. The van der Waals surface area contributed by atoms with Gasteiger partial charge in [-0.15, -0.1) is 0 Å². The SMILES string of the molecule is CCCOP(=O)(OCCC)C1(NS(=O)(=O)c2ccccc2)C=C(S(=O)(=O)c2ccccc2)C(=O)c2ccccc21. The molecule has 3 aromatic carbocycles. The number of Topliss-reactive ketones (excluding diaryl/α,β-unsaturated/α-hetero) is 1. The Kier molecular flexibility index (Phi) is 8.94. The van der Waals surface area contributed by atoms with Gasteiger partial charge in [0.1, 0.15) is 4.91 Å². The quantitative estimate of drug-likeness (QED) is 0.272. The van der Waals surface area contributed by atoms with Gasteiger partial charge in [0.05, 0.1) is 23.0 Å².